The Morgan fingerprint density at radius 2 is 2.03 bits per heavy atom. The van der Waals surface area contributed by atoms with Gasteiger partial charge < -0.3 is 4.74 Å². The van der Waals surface area contributed by atoms with Crippen molar-refractivity contribution in [2.24, 2.45) is 7.05 Å². The highest BCUT2D eigenvalue weighted by atomic mass is 32.2. The summed E-state index contributed by atoms with van der Waals surface area (Å²) in [7, 11) is -2.26. The molecule has 170 valence electrons. The normalized spacial score (nSPS) is 21.3. The van der Waals surface area contributed by atoms with Crippen molar-refractivity contribution in [3.05, 3.63) is 60.1 Å². The van der Waals surface area contributed by atoms with Gasteiger partial charge in [0.2, 0.25) is 0 Å². The molecule has 1 aliphatic carbocycles. The molecule has 2 atom stereocenters. The van der Waals surface area contributed by atoms with E-state index in [2.05, 4.69) is 19.8 Å². The first-order valence-corrected chi connectivity index (χ1v) is 11.9. The Bertz CT molecular complexity index is 1220. The summed E-state index contributed by atoms with van der Waals surface area (Å²) in [5.74, 6) is -0.360. The summed E-state index contributed by atoms with van der Waals surface area (Å²) in [6.45, 7) is 3.56. The SMILES string of the molecule is Cc1c(O[C@@]2(C)CCCC[C@@H]2c2ccnn2C)ccc(S(=O)(=O)Nc2ccncn2)c1F. The van der Waals surface area contributed by atoms with Crippen LogP contribution in [0, 0.1) is 12.7 Å². The van der Waals surface area contributed by atoms with E-state index in [1.165, 1.54) is 37.6 Å². The summed E-state index contributed by atoms with van der Waals surface area (Å²) in [5, 5.41) is 4.29. The van der Waals surface area contributed by atoms with Crippen LogP contribution in [0.2, 0.25) is 0 Å². The van der Waals surface area contributed by atoms with Crippen molar-refractivity contribution in [2.75, 3.05) is 4.72 Å². The van der Waals surface area contributed by atoms with Gasteiger partial charge in [0.25, 0.3) is 10.0 Å². The summed E-state index contributed by atoms with van der Waals surface area (Å²) < 4.78 is 51.2. The van der Waals surface area contributed by atoms with Crippen LogP contribution < -0.4 is 9.46 Å². The van der Waals surface area contributed by atoms with Gasteiger partial charge in [-0.15, -0.1) is 0 Å². The van der Waals surface area contributed by atoms with Crippen LogP contribution >= 0.6 is 0 Å². The Labute approximate surface area is 186 Å². The van der Waals surface area contributed by atoms with Crippen LogP contribution in [-0.2, 0) is 17.1 Å². The van der Waals surface area contributed by atoms with Gasteiger partial charge in [-0.3, -0.25) is 9.40 Å². The fourth-order valence-electron chi connectivity index (χ4n) is 4.37. The molecule has 0 saturated heterocycles. The Balaban J connectivity index is 1.64. The third-order valence-electron chi connectivity index (χ3n) is 6.12. The molecule has 0 amide bonds. The summed E-state index contributed by atoms with van der Waals surface area (Å²) in [4.78, 5) is 7.11. The largest absolute Gasteiger partial charge is 0.486 e. The van der Waals surface area contributed by atoms with Crippen molar-refractivity contribution in [3.63, 3.8) is 0 Å². The summed E-state index contributed by atoms with van der Waals surface area (Å²) in [5.41, 5.74) is 0.646. The summed E-state index contributed by atoms with van der Waals surface area (Å²) >= 11 is 0. The molecule has 0 aliphatic heterocycles. The lowest BCUT2D eigenvalue weighted by atomic mass is 9.74. The molecule has 1 aliphatic rings. The molecule has 10 heteroatoms. The van der Waals surface area contributed by atoms with E-state index in [9.17, 15) is 8.42 Å². The molecule has 0 unspecified atom stereocenters. The lowest BCUT2D eigenvalue weighted by molar-refractivity contribution is 0.0223. The zero-order valence-corrected chi connectivity index (χ0v) is 19.1. The first kappa shape index (κ1) is 22.2. The average Bonchev–Trinajstić information content (AvgIpc) is 3.17. The number of halogens is 1. The Kier molecular flexibility index (Phi) is 5.89. The highest BCUT2D eigenvalue weighted by Gasteiger charge is 2.41. The van der Waals surface area contributed by atoms with Crippen LogP contribution in [0.25, 0.3) is 0 Å². The number of hydrogen-bond donors (Lipinski definition) is 1. The number of nitrogens with one attached hydrogen (secondary N) is 1. The Morgan fingerprint density at radius 3 is 2.72 bits per heavy atom. The molecule has 0 bridgehead atoms. The van der Waals surface area contributed by atoms with Crippen LogP contribution in [-0.4, -0.2) is 33.8 Å². The minimum absolute atomic E-state index is 0.0612. The smallest absolute Gasteiger partial charge is 0.265 e. The predicted octanol–water partition coefficient (Wildman–Crippen LogP) is 3.95. The van der Waals surface area contributed by atoms with Crippen LogP contribution in [0.5, 0.6) is 5.75 Å². The lowest BCUT2D eigenvalue weighted by Crippen LogP contribution is -2.42. The predicted molar refractivity (Wildman–Crippen MR) is 117 cm³/mol. The molecule has 4 rings (SSSR count). The van der Waals surface area contributed by atoms with E-state index >= 15 is 4.39 Å². The molecule has 3 aromatic rings. The van der Waals surface area contributed by atoms with E-state index in [0.29, 0.717) is 5.75 Å². The van der Waals surface area contributed by atoms with Crippen LogP contribution in [0.3, 0.4) is 0 Å². The minimum Gasteiger partial charge on any atom is -0.486 e. The maximum Gasteiger partial charge on any atom is 0.265 e. The first-order valence-electron chi connectivity index (χ1n) is 10.5. The van der Waals surface area contributed by atoms with E-state index in [1.807, 2.05) is 24.7 Å². The van der Waals surface area contributed by atoms with Gasteiger partial charge in [0.05, 0.1) is 0 Å². The van der Waals surface area contributed by atoms with Crippen molar-refractivity contribution in [1.29, 1.82) is 0 Å². The second kappa shape index (κ2) is 8.50. The minimum atomic E-state index is -4.17. The molecule has 8 nitrogen and oxygen atoms in total. The number of aryl methyl sites for hydroxylation is 1. The molecule has 2 aromatic heterocycles. The van der Waals surface area contributed by atoms with E-state index in [1.54, 1.807) is 6.20 Å². The number of benzene rings is 1. The van der Waals surface area contributed by atoms with Gasteiger partial charge in [-0.1, -0.05) is 6.42 Å². The molecular weight excluding hydrogens is 433 g/mol. The number of rotatable bonds is 6. The van der Waals surface area contributed by atoms with Gasteiger partial charge in [-0.25, -0.2) is 22.8 Å². The highest BCUT2D eigenvalue weighted by molar-refractivity contribution is 7.92. The van der Waals surface area contributed by atoms with Gasteiger partial charge in [-0.2, -0.15) is 5.10 Å². The first-order chi connectivity index (χ1) is 15.2. The number of anilines is 1. The van der Waals surface area contributed by atoms with E-state index < -0.39 is 26.3 Å². The van der Waals surface area contributed by atoms with Crippen LogP contribution in [0.1, 0.15) is 49.8 Å². The molecular formula is C22H26FN5O3S. The zero-order valence-electron chi connectivity index (χ0n) is 18.2. The number of aromatic nitrogens is 4. The molecule has 0 spiro atoms. The number of sulfonamides is 1. The molecule has 1 saturated carbocycles. The van der Waals surface area contributed by atoms with E-state index in [4.69, 9.17) is 4.74 Å². The second-order valence-corrected chi connectivity index (χ2v) is 9.94. The van der Waals surface area contributed by atoms with Crippen molar-refractivity contribution < 1.29 is 17.5 Å². The molecule has 32 heavy (non-hydrogen) atoms. The molecule has 1 fully saturated rings. The van der Waals surface area contributed by atoms with E-state index in [0.717, 1.165) is 31.4 Å². The number of nitrogens with zero attached hydrogens (tertiary/aromatic N) is 4. The average molecular weight is 460 g/mol. The molecule has 2 heterocycles. The van der Waals surface area contributed by atoms with Crippen molar-refractivity contribution in [3.8, 4) is 5.75 Å². The topological polar surface area (TPSA) is 99.0 Å². The maximum atomic E-state index is 15.2. The second-order valence-electron chi connectivity index (χ2n) is 8.29. The number of hydrogen-bond acceptors (Lipinski definition) is 6. The van der Waals surface area contributed by atoms with Crippen molar-refractivity contribution in [1.82, 2.24) is 19.7 Å². The van der Waals surface area contributed by atoms with E-state index in [-0.39, 0.29) is 17.3 Å². The van der Waals surface area contributed by atoms with Crippen molar-refractivity contribution in [2.45, 2.75) is 55.9 Å². The quantitative estimate of drug-likeness (QED) is 0.599. The fraction of sp³-hybridized carbons (Fsp3) is 0.409. The Morgan fingerprint density at radius 1 is 1.22 bits per heavy atom. The molecule has 1 N–H and O–H groups in total. The molecule has 0 radical (unpaired) electrons. The molecule has 1 aromatic carbocycles. The highest BCUT2D eigenvalue weighted by Crippen LogP contribution is 2.44. The maximum absolute atomic E-state index is 15.2. The summed E-state index contributed by atoms with van der Waals surface area (Å²) in [6.07, 6.45) is 8.19. The van der Waals surface area contributed by atoms with Gasteiger partial charge in [-0.05, 0) is 57.4 Å². The summed E-state index contributed by atoms with van der Waals surface area (Å²) in [6, 6.07) is 6.13. The monoisotopic (exact) mass is 459 g/mol. The fourth-order valence-corrected chi connectivity index (χ4v) is 5.51. The lowest BCUT2D eigenvalue weighted by Gasteiger charge is -2.42. The van der Waals surface area contributed by atoms with Crippen LogP contribution in [0.15, 0.2) is 47.9 Å². The van der Waals surface area contributed by atoms with Gasteiger partial charge >= 0.3 is 0 Å². The zero-order chi connectivity index (χ0) is 22.9. The van der Waals surface area contributed by atoms with Gasteiger partial charge in [0.1, 0.15) is 34.2 Å². The third-order valence-corrected chi connectivity index (χ3v) is 7.50. The number of ether oxygens (including phenoxy) is 1. The van der Waals surface area contributed by atoms with Crippen molar-refractivity contribution >= 4 is 15.8 Å². The Hall–Kier alpha value is -3.01. The third kappa shape index (κ3) is 4.19. The van der Waals surface area contributed by atoms with Crippen LogP contribution in [0.4, 0.5) is 10.2 Å². The van der Waals surface area contributed by atoms with Gasteiger partial charge in [0, 0.05) is 36.6 Å². The standard InChI is InChI=1S/C22H26FN5O3S/c1-15-18(31-22(2)11-5-4-6-16(22)17-9-13-26-28(17)3)7-8-19(21(15)23)32(29,30)27-20-10-12-24-14-25-20/h7-10,12-14,16H,4-6,11H2,1-3H3,(H,24,25,27)/t16-,22+/m1/s1. The van der Waals surface area contributed by atoms with Gasteiger partial charge in [0.15, 0.2) is 0 Å².